The van der Waals surface area contributed by atoms with Gasteiger partial charge in [0.25, 0.3) is 0 Å². The number of fused-ring (bicyclic) bond motifs is 1. The maximum Gasteiger partial charge on any atom is 0.124 e. The highest BCUT2D eigenvalue weighted by atomic mass is 19.1. The zero-order valence-corrected chi connectivity index (χ0v) is 19.8. The Bertz CT molecular complexity index is 1230. The molecule has 0 aliphatic carbocycles. The molecule has 3 aromatic carbocycles. The molecule has 0 spiro atoms. The van der Waals surface area contributed by atoms with Crippen molar-refractivity contribution >= 4 is 16.6 Å². The number of benzene rings is 3. The van der Waals surface area contributed by atoms with Crippen LogP contribution in [0.2, 0.25) is 0 Å². The summed E-state index contributed by atoms with van der Waals surface area (Å²) in [7, 11) is 0. The number of aryl methyl sites for hydroxylation is 1. The second-order valence-corrected chi connectivity index (χ2v) is 9.11. The first-order valence-corrected chi connectivity index (χ1v) is 12.2. The number of aromatic nitrogens is 1. The van der Waals surface area contributed by atoms with Crippen LogP contribution in [-0.4, -0.2) is 42.6 Å². The first kappa shape index (κ1) is 22.5. The van der Waals surface area contributed by atoms with E-state index in [4.69, 9.17) is 4.74 Å². The molecule has 2 heterocycles. The smallest absolute Gasteiger partial charge is 0.124 e. The minimum Gasteiger partial charge on any atom is -0.489 e. The van der Waals surface area contributed by atoms with Gasteiger partial charge in [0.1, 0.15) is 18.2 Å². The van der Waals surface area contributed by atoms with Crippen molar-refractivity contribution in [3.8, 4) is 5.75 Å². The summed E-state index contributed by atoms with van der Waals surface area (Å²) in [5, 5.41) is 1.01. The number of hydrogen-bond acceptors (Lipinski definition) is 3. The molecule has 0 unspecified atom stereocenters. The van der Waals surface area contributed by atoms with Gasteiger partial charge in [-0.05, 0) is 67.8 Å². The van der Waals surface area contributed by atoms with Crippen LogP contribution in [0.3, 0.4) is 0 Å². The van der Waals surface area contributed by atoms with E-state index in [0.717, 1.165) is 62.2 Å². The molecule has 4 aromatic rings. The average molecular weight is 458 g/mol. The van der Waals surface area contributed by atoms with Crippen LogP contribution < -0.4 is 9.64 Å². The first-order chi connectivity index (χ1) is 16.7. The summed E-state index contributed by atoms with van der Waals surface area (Å²) < 4.78 is 19.8. The highest BCUT2D eigenvalue weighted by molar-refractivity contribution is 5.83. The molecule has 1 aliphatic heterocycles. The van der Waals surface area contributed by atoms with E-state index in [1.165, 1.54) is 28.4 Å². The highest BCUT2D eigenvalue weighted by Gasteiger charge is 2.19. The summed E-state index contributed by atoms with van der Waals surface area (Å²) in [6.45, 7) is 7.94. The molecule has 34 heavy (non-hydrogen) atoms. The van der Waals surface area contributed by atoms with Gasteiger partial charge >= 0.3 is 0 Å². The van der Waals surface area contributed by atoms with Crippen LogP contribution in [0.5, 0.6) is 5.75 Å². The number of nitrogens with one attached hydrogen (secondary N) is 1. The third kappa shape index (κ3) is 5.10. The lowest BCUT2D eigenvalue weighted by Crippen LogP contribution is -2.46. The van der Waals surface area contributed by atoms with Crippen LogP contribution in [0.4, 0.5) is 10.1 Å². The standard InChI is InChI=1S/C29H32FN3O/c1-22-28(10-5-11-29(22)34-21-23-7-3-2-4-8-23)33-17-15-32(16-18-33)14-6-9-24-20-31-27-13-12-25(30)19-26(24)27/h2-5,7-8,10-13,19-20,31H,6,9,14-18,21H2,1H3. The van der Waals surface area contributed by atoms with E-state index in [1.807, 2.05) is 30.5 Å². The highest BCUT2D eigenvalue weighted by Crippen LogP contribution is 2.30. The summed E-state index contributed by atoms with van der Waals surface area (Å²) in [5.74, 6) is 0.785. The Hall–Kier alpha value is -3.31. The Morgan fingerprint density at radius 3 is 2.59 bits per heavy atom. The molecule has 1 aromatic heterocycles. The Kier molecular flexibility index (Phi) is 6.82. The SMILES string of the molecule is Cc1c(OCc2ccccc2)cccc1N1CCN(CCCc2c[nH]c3ccc(F)cc23)CC1. The van der Waals surface area contributed by atoms with Gasteiger partial charge in [-0.25, -0.2) is 4.39 Å². The third-order valence-corrected chi connectivity index (χ3v) is 6.86. The maximum atomic E-state index is 13.6. The van der Waals surface area contributed by atoms with Gasteiger partial charge in [-0.2, -0.15) is 0 Å². The maximum absolute atomic E-state index is 13.6. The van der Waals surface area contributed by atoms with Crippen LogP contribution in [0.15, 0.2) is 72.9 Å². The normalized spacial score (nSPS) is 14.6. The zero-order chi connectivity index (χ0) is 23.3. The third-order valence-electron chi connectivity index (χ3n) is 6.86. The van der Waals surface area contributed by atoms with Crippen molar-refractivity contribution in [3.63, 3.8) is 0 Å². The van der Waals surface area contributed by atoms with E-state index >= 15 is 0 Å². The van der Waals surface area contributed by atoms with Crippen LogP contribution in [0, 0.1) is 12.7 Å². The number of ether oxygens (including phenoxy) is 1. The van der Waals surface area contributed by atoms with Gasteiger partial charge < -0.3 is 14.6 Å². The lowest BCUT2D eigenvalue weighted by atomic mass is 10.1. The van der Waals surface area contributed by atoms with Gasteiger partial charge in [0.15, 0.2) is 0 Å². The van der Waals surface area contributed by atoms with Gasteiger partial charge in [0.2, 0.25) is 0 Å². The number of rotatable bonds is 8. The molecule has 5 heteroatoms. The average Bonchev–Trinajstić information content (AvgIpc) is 3.26. The molecule has 0 amide bonds. The number of anilines is 1. The summed E-state index contributed by atoms with van der Waals surface area (Å²) >= 11 is 0. The van der Waals surface area contributed by atoms with E-state index in [0.29, 0.717) is 6.61 Å². The van der Waals surface area contributed by atoms with Gasteiger partial charge in [0, 0.05) is 54.5 Å². The van der Waals surface area contributed by atoms with Crippen molar-refractivity contribution in [1.29, 1.82) is 0 Å². The van der Waals surface area contributed by atoms with Gasteiger partial charge in [0.05, 0.1) is 0 Å². The molecule has 0 saturated carbocycles. The Morgan fingerprint density at radius 2 is 1.76 bits per heavy atom. The van der Waals surface area contributed by atoms with Crippen LogP contribution in [-0.2, 0) is 13.0 Å². The summed E-state index contributed by atoms with van der Waals surface area (Å²) in [4.78, 5) is 8.27. The monoisotopic (exact) mass is 457 g/mol. The fraction of sp³-hybridized carbons (Fsp3) is 0.310. The number of aromatic amines is 1. The Labute approximate surface area is 201 Å². The van der Waals surface area contributed by atoms with Crippen molar-refractivity contribution < 1.29 is 9.13 Å². The molecule has 1 aliphatic rings. The van der Waals surface area contributed by atoms with Crippen LogP contribution in [0.25, 0.3) is 10.9 Å². The van der Waals surface area contributed by atoms with Crippen molar-refractivity contribution in [1.82, 2.24) is 9.88 Å². The number of halogens is 1. The second-order valence-electron chi connectivity index (χ2n) is 9.11. The molecule has 0 radical (unpaired) electrons. The van der Waals surface area contributed by atoms with E-state index in [2.05, 4.69) is 52.0 Å². The van der Waals surface area contributed by atoms with E-state index in [-0.39, 0.29) is 5.82 Å². The lowest BCUT2D eigenvalue weighted by Gasteiger charge is -2.37. The number of hydrogen-bond donors (Lipinski definition) is 1. The number of H-pyrrole nitrogens is 1. The van der Waals surface area contributed by atoms with Gasteiger partial charge in [-0.3, -0.25) is 4.90 Å². The molecule has 0 atom stereocenters. The number of piperazine rings is 1. The minimum atomic E-state index is -0.172. The molecule has 1 N–H and O–H groups in total. The molecular formula is C29H32FN3O. The molecule has 0 bridgehead atoms. The van der Waals surface area contributed by atoms with Crippen molar-refractivity contribution in [3.05, 3.63) is 95.4 Å². The molecule has 5 rings (SSSR count). The second kappa shape index (κ2) is 10.3. The summed E-state index contributed by atoms with van der Waals surface area (Å²) in [5.41, 5.74) is 5.87. The molecule has 176 valence electrons. The Balaban J connectivity index is 1.13. The molecule has 4 nitrogen and oxygen atoms in total. The topological polar surface area (TPSA) is 31.5 Å². The van der Waals surface area contributed by atoms with E-state index in [9.17, 15) is 4.39 Å². The molecular weight excluding hydrogens is 425 g/mol. The van der Waals surface area contributed by atoms with Crippen molar-refractivity contribution in [2.75, 3.05) is 37.6 Å². The predicted octanol–water partition coefficient (Wildman–Crippen LogP) is 5.95. The molecule has 1 fully saturated rings. The molecule has 1 saturated heterocycles. The summed E-state index contributed by atoms with van der Waals surface area (Å²) in [6, 6.07) is 21.6. The predicted molar refractivity (Wildman–Crippen MR) is 137 cm³/mol. The van der Waals surface area contributed by atoms with Gasteiger partial charge in [-0.15, -0.1) is 0 Å². The fourth-order valence-corrected chi connectivity index (χ4v) is 4.90. The fourth-order valence-electron chi connectivity index (χ4n) is 4.90. The van der Waals surface area contributed by atoms with Crippen molar-refractivity contribution in [2.45, 2.75) is 26.4 Å². The Morgan fingerprint density at radius 1 is 0.941 bits per heavy atom. The van der Waals surface area contributed by atoms with E-state index < -0.39 is 0 Å². The number of nitrogens with zero attached hydrogens (tertiary/aromatic N) is 2. The van der Waals surface area contributed by atoms with Gasteiger partial charge in [-0.1, -0.05) is 36.4 Å². The van der Waals surface area contributed by atoms with Crippen LogP contribution >= 0.6 is 0 Å². The zero-order valence-electron chi connectivity index (χ0n) is 19.8. The quantitative estimate of drug-likeness (QED) is 0.355. The largest absolute Gasteiger partial charge is 0.489 e. The van der Waals surface area contributed by atoms with Crippen molar-refractivity contribution in [2.24, 2.45) is 0 Å². The minimum absolute atomic E-state index is 0.172. The summed E-state index contributed by atoms with van der Waals surface area (Å²) in [6.07, 6.45) is 4.06. The first-order valence-electron chi connectivity index (χ1n) is 12.2. The lowest BCUT2D eigenvalue weighted by molar-refractivity contribution is 0.255. The van der Waals surface area contributed by atoms with Crippen LogP contribution in [0.1, 0.15) is 23.1 Å². The van der Waals surface area contributed by atoms with E-state index in [1.54, 1.807) is 6.07 Å².